The van der Waals surface area contributed by atoms with Crippen LogP contribution in [0, 0.1) is 18.9 Å². The van der Waals surface area contributed by atoms with Gasteiger partial charge in [-0.1, -0.05) is 43.3 Å². The van der Waals surface area contributed by atoms with Crippen LogP contribution in [0.1, 0.15) is 55.8 Å². The highest BCUT2D eigenvalue weighted by Gasteiger charge is 2.53. The van der Waals surface area contributed by atoms with E-state index in [2.05, 4.69) is 83.4 Å². The number of hydrogen-bond donors (Lipinski definition) is 0. The van der Waals surface area contributed by atoms with Crippen molar-refractivity contribution >= 4 is 28.2 Å². The predicted octanol–water partition coefficient (Wildman–Crippen LogP) is 5.66. The van der Waals surface area contributed by atoms with E-state index in [1.54, 1.807) is 4.90 Å². The van der Waals surface area contributed by atoms with Gasteiger partial charge in [0.05, 0.1) is 12.2 Å². The van der Waals surface area contributed by atoms with Crippen molar-refractivity contribution in [2.45, 2.75) is 77.0 Å². The normalized spacial score (nSPS) is 22.3. The number of nitrogens with zero attached hydrogens (tertiary/aromatic N) is 7. The van der Waals surface area contributed by atoms with Gasteiger partial charge in [0.1, 0.15) is 18.5 Å². The number of likely N-dealkylation sites (N-methyl/N-ethyl adjacent to an activating group) is 1. The van der Waals surface area contributed by atoms with Crippen LogP contribution in [0.4, 0.5) is 11.5 Å². The van der Waals surface area contributed by atoms with Gasteiger partial charge in [0.25, 0.3) is 0 Å². The number of fused-ring (bicyclic) bond motifs is 2. The summed E-state index contributed by atoms with van der Waals surface area (Å²) in [5.74, 6) is 0.759. The molecule has 47 heavy (non-hydrogen) atoms. The van der Waals surface area contributed by atoms with Crippen molar-refractivity contribution in [3.8, 4) is 6.01 Å². The van der Waals surface area contributed by atoms with Gasteiger partial charge in [-0.2, -0.15) is 9.97 Å². The van der Waals surface area contributed by atoms with Crippen LogP contribution >= 0.6 is 0 Å². The number of carbonyl (C=O) groups excluding carboxylic acids is 1. The molecule has 9 heteroatoms. The minimum absolute atomic E-state index is 0.124. The van der Waals surface area contributed by atoms with Gasteiger partial charge in [0.2, 0.25) is 12.5 Å². The van der Waals surface area contributed by atoms with Crippen molar-refractivity contribution in [1.29, 1.82) is 0 Å². The number of benzene rings is 2. The van der Waals surface area contributed by atoms with Crippen molar-refractivity contribution in [1.82, 2.24) is 19.8 Å². The molecule has 3 atom stereocenters. The van der Waals surface area contributed by atoms with Gasteiger partial charge in [-0.05, 0) is 81.5 Å². The summed E-state index contributed by atoms with van der Waals surface area (Å²) in [6, 6.07) is 14.1. The number of anilines is 2. The smallest absolute Gasteiger partial charge is 0.318 e. The molecular weight excluding hydrogens is 586 g/mol. The Balaban J connectivity index is 1.19. The zero-order valence-electron chi connectivity index (χ0n) is 28.1. The lowest BCUT2D eigenvalue weighted by Gasteiger charge is -2.41. The molecule has 1 spiro atoms. The number of aromatic nitrogens is 2. The SMILES string of the molecule is [C-]#[N+]C[C@H]1CN(c2nc(OC[C@H](C)N(C)C3CCCC34CC4)nc3c2CCN(c2cccc4cccc(C)c24)C3)CCN1C(=O)C=C. The van der Waals surface area contributed by atoms with E-state index < -0.39 is 0 Å². The Morgan fingerprint density at radius 2 is 1.98 bits per heavy atom. The molecule has 2 aromatic carbocycles. The zero-order valence-corrected chi connectivity index (χ0v) is 28.1. The van der Waals surface area contributed by atoms with E-state index >= 15 is 0 Å². The summed E-state index contributed by atoms with van der Waals surface area (Å²) in [5, 5.41) is 2.53. The van der Waals surface area contributed by atoms with Gasteiger partial charge in [0, 0.05) is 54.9 Å². The molecule has 0 radical (unpaired) electrons. The molecule has 7 rings (SSSR count). The maximum Gasteiger partial charge on any atom is 0.318 e. The number of carbonyl (C=O) groups is 1. The van der Waals surface area contributed by atoms with Crippen LogP contribution < -0.4 is 14.5 Å². The van der Waals surface area contributed by atoms with Crippen molar-refractivity contribution in [2.24, 2.45) is 5.41 Å². The fourth-order valence-corrected chi connectivity index (χ4v) is 8.53. The van der Waals surface area contributed by atoms with Crippen LogP contribution in [0.2, 0.25) is 0 Å². The van der Waals surface area contributed by atoms with E-state index in [0.29, 0.717) is 50.3 Å². The third kappa shape index (κ3) is 5.93. The summed E-state index contributed by atoms with van der Waals surface area (Å²) in [6.45, 7) is 19.7. The van der Waals surface area contributed by atoms with E-state index in [9.17, 15) is 4.79 Å². The first-order chi connectivity index (χ1) is 22.8. The van der Waals surface area contributed by atoms with E-state index in [0.717, 1.165) is 30.0 Å². The Kier molecular flexibility index (Phi) is 8.56. The van der Waals surface area contributed by atoms with Crippen LogP contribution in [0.3, 0.4) is 0 Å². The number of piperazine rings is 1. The molecule has 1 amide bonds. The first-order valence-corrected chi connectivity index (χ1v) is 17.3. The van der Waals surface area contributed by atoms with Crippen molar-refractivity contribution in [2.75, 3.05) is 56.2 Å². The lowest BCUT2D eigenvalue weighted by Crippen LogP contribution is -2.56. The molecule has 4 aliphatic rings. The van der Waals surface area contributed by atoms with Crippen LogP contribution in [0.5, 0.6) is 6.01 Å². The Hall–Kier alpha value is -4.16. The van der Waals surface area contributed by atoms with Gasteiger partial charge < -0.3 is 24.3 Å². The molecule has 1 saturated heterocycles. The van der Waals surface area contributed by atoms with Crippen LogP contribution in [-0.4, -0.2) is 90.2 Å². The van der Waals surface area contributed by atoms with Gasteiger partial charge >= 0.3 is 6.01 Å². The fourth-order valence-electron chi connectivity index (χ4n) is 8.53. The molecule has 3 heterocycles. The predicted molar refractivity (Wildman–Crippen MR) is 187 cm³/mol. The van der Waals surface area contributed by atoms with Crippen molar-refractivity contribution in [3.05, 3.63) is 77.3 Å². The first-order valence-electron chi connectivity index (χ1n) is 17.3. The van der Waals surface area contributed by atoms with Gasteiger partial charge in [-0.15, -0.1) is 0 Å². The Bertz CT molecular complexity index is 1710. The molecule has 246 valence electrons. The Labute approximate surface area is 279 Å². The number of aryl methyl sites for hydroxylation is 1. The Morgan fingerprint density at radius 1 is 1.17 bits per heavy atom. The summed E-state index contributed by atoms with van der Waals surface area (Å²) in [6.07, 6.45) is 8.83. The topological polar surface area (TPSA) is 69.4 Å². The maximum absolute atomic E-state index is 12.6. The molecule has 2 aliphatic carbocycles. The lowest BCUT2D eigenvalue weighted by molar-refractivity contribution is -0.128. The van der Waals surface area contributed by atoms with Gasteiger partial charge in [-0.25, -0.2) is 6.57 Å². The first kappa shape index (κ1) is 31.4. The molecule has 3 fully saturated rings. The highest BCUT2D eigenvalue weighted by atomic mass is 16.5. The monoisotopic (exact) mass is 633 g/mol. The Morgan fingerprint density at radius 3 is 2.74 bits per heavy atom. The zero-order chi connectivity index (χ0) is 32.7. The molecule has 3 aromatic rings. The van der Waals surface area contributed by atoms with Crippen LogP contribution in [0.15, 0.2) is 49.1 Å². The standard InChI is InChI=1S/C38H47N7O2/c1-6-34(46)45-21-20-44(23-29(45)22-39-4)36-30-15-19-43(32-13-8-12-28-11-7-10-26(2)35(28)32)24-31(30)40-37(41-36)47-25-27(3)42(5)33-14-9-16-38(33)17-18-38/h6-8,10-13,27,29,33H,1,9,14-25H2,2-3,5H3/t27-,29-,33?/m0/s1. The molecule has 9 nitrogen and oxygen atoms in total. The maximum atomic E-state index is 12.6. The average molecular weight is 634 g/mol. The molecule has 2 saturated carbocycles. The van der Waals surface area contributed by atoms with Gasteiger partial charge in [0.15, 0.2) is 0 Å². The summed E-state index contributed by atoms with van der Waals surface area (Å²) in [7, 11) is 2.26. The summed E-state index contributed by atoms with van der Waals surface area (Å²) in [5.41, 5.74) is 5.16. The van der Waals surface area contributed by atoms with Crippen LogP contribution in [0.25, 0.3) is 15.6 Å². The minimum atomic E-state index is -0.227. The lowest BCUT2D eigenvalue weighted by atomic mass is 9.98. The number of amides is 1. The molecule has 0 N–H and O–H groups in total. The number of ether oxygens (including phenoxy) is 1. The second-order valence-electron chi connectivity index (χ2n) is 14.1. The molecule has 0 bridgehead atoms. The van der Waals surface area contributed by atoms with Crippen LogP contribution in [-0.2, 0) is 17.8 Å². The molecule has 2 aliphatic heterocycles. The van der Waals surface area contributed by atoms with E-state index in [-0.39, 0.29) is 24.5 Å². The van der Waals surface area contributed by atoms with Crippen molar-refractivity contribution < 1.29 is 9.53 Å². The number of hydrogen-bond acceptors (Lipinski definition) is 7. The third-order valence-corrected chi connectivity index (χ3v) is 11.4. The van der Waals surface area contributed by atoms with Gasteiger partial charge in [-0.3, -0.25) is 9.69 Å². The summed E-state index contributed by atoms with van der Waals surface area (Å²) in [4.78, 5) is 35.5. The van der Waals surface area contributed by atoms with E-state index in [1.807, 2.05) is 0 Å². The average Bonchev–Trinajstić information content (AvgIpc) is 3.75. The minimum Gasteiger partial charge on any atom is -0.462 e. The molecular formula is C38H47N7O2. The highest BCUT2D eigenvalue weighted by molar-refractivity contribution is 5.97. The quantitative estimate of drug-likeness (QED) is 0.223. The highest BCUT2D eigenvalue weighted by Crippen LogP contribution is 2.59. The second-order valence-corrected chi connectivity index (χ2v) is 14.1. The van der Waals surface area contributed by atoms with Crippen molar-refractivity contribution in [3.63, 3.8) is 0 Å². The fraction of sp³-hybridized carbons (Fsp3) is 0.526. The summed E-state index contributed by atoms with van der Waals surface area (Å²) >= 11 is 0. The molecule has 1 aromatic heterocycles. The van der Waals surface area contributed by atoms with E-state index in [1.165, 1.54) is 60.2 Å². The van der Waals surface area contributed by atoms with E-state index in [4.69, 9.17) is 21.3 Å². The third-order valence-electron chi connectivity index (χ3n) is 11.4. The largest absolute Gasteiger partial charge is 0.462 e. The molecule has 1 unspecified atom stereocenters. The second kappa shape index (κ2) is 12.8. The summed E-state index contributed by atoms with van der Waals surface area (Å²) < 4.78 is 6.48. The number of rotatable bonds is 9.